The van der Waals surface area contributed by atoms with Crippen molar-refractivity contribution in [3.8, 4) is 0 Å². The number of amidine groups is 1. The summed E-state index contributed by atoms with van der Waals surface area (Å²) in [5.74, 6) is 0.933. The van der Waals surface area contributed by atoms with Crippen molar-refractivity contribution in [1.82, 2.24) is 15.1 Å². The van der Waals surface area contributed by atoms with Crippen LogP contribution in [0.1, 0.15) is 12.5 Å². The summed E-state index contributed by atoms with van der Waals surface area (Å²) >= 11 is 4.19. The molecule has 0 bridgehead atoms. The van der Waals surface area contributed by atoms with Crippen molar-refractivity contribution >= 4 is 40.2 Å². The van der Waals surface area contributed by atoms with E-state index in [4.69, 9.17) is 10.5 Å². The molecule has 0 atom stereocenters. The number of anilines is 2. The van der Waals surface area contributed by atoms with Crippen molar-refractivity contribution < 1.29 is 0 Å². The summed E-state index contributed by atoms with van der Waals surface area (Å²) < 4.78 is 1.95. The Kier molecular flexibility index (Phi) is 4.50. The van der Waals surface area contributed by atoms with Gasteiger partial charge in [0.05, 0.1) is 5.52 Å². The predicted molar refractivity (Wildman–Crippen MR) is 100 cm³/mol. The number of hydrogen-bond donors (Lipinski definition) is 3. The number of fused-ring (bicyclic) bond motifs is 1. The van der Waals surface area contributed by atoms with E-state index >= 15 is 0 Å². The molecule has 0 amide bonds. The summed E-state index contributed by atoms with van der Waals surface area (Å²) in [5, 5.41) is 17.3. The van der Waals surface area contributed by atoms with E-state index in [1.807, 2.05) is 11.7 Å². The Labute approximate surface area is 142 Å². The maximum Gasteiger partial charge on any atom is 0.158 e. The van der Waals surface area contributed by atoms with Crippen molar-refractivity contribution in [3.05, 3.63) is 17.7 Å². The Hall–Kier alpha value is -1.73. The van der Waals surface area contributed by atoms with Crippen LogP contribution >= 0.6 is 12.6 Å². The van der Waals surface area contributed by atoms with E-state index in [1.54, 1.807) is 4.90 Å². The van der Waals surface area contributed by atoms with Crippen LogP contribution < -0.4 is 15.1 Å². The minimum Gasteiger partial charge on any atom is -0.369 e. The Morgan fingerprint density at radius 3 is 2.70 bits per heavy atom. The van der Waals surface area contributed by atoms with Gasteiger partial charge in [-0.2, -0.15) is 5.10 Å². The second kappa shape index (κ2) is 6.41. The molecule has 124 valence electrons. The van der Waals surface area contributed by atoms with E-state index in [0.29, 0.717) is 0 Å². The van der Waals surface area contributed by atoms with Crippen LogP contribution in [0.4, 0.5) is 11.5 Å². The molecule has 0 spiro atoms. The van der Waals surface area contributed by atoms with Gasteiger partial charge in [0.25, 0.3) is 0 Å². The molecule has 0 radical (unpaired) electrons. The van der Waals surface area contributed by atoms with E-state index in [9.17, 15) is 0 Å². The van der Waals surface area contributed by atoms with Crippen LogP contribution in [0.5, 0.6) is 0 Å². The average molecular weight is 332 g/mol. The van der Waals surface area contributed by atoms with Gasteiger partial charge in [0.15, 0.2) is 5.17 Å². The van der Waals surface area contributed by atoms with Crippen LogP contribution in [0.15, 0.2) is 12.1 Å². The quantitative estimate of drug-likeness (QED) is 0.457. The lowest BCUT2D eigenvalue weighted by molar-refractivity contribution is 0.589. The van der Waals surface area contributed by atoms with Gasteiger partial charge in [-0.25, -0.2) is 4.68 Å². The number of benzene rings is 1. The van der Waals surface area contributed by atoms with E-state index in [0.717, 1.165) is 49.4 Å². The molecular weight excluding hydrogens is 308 g/mol. The lowest BCUT2D eigenvalue weighted by Gasteiger charge is -2.30. The molecule has 23 heavy (non-hydrogen) atoms. The molecule has 0 saturated carbocycles. The first-order valence-electron chi connectivity index (χ1n) is 8.01. The van der Waals surface area contributed by atoms with E-state index in [2.05, 4.69) is 48.8 Å². The summed E-state index contributed by atoms with van der Waals surface area (Å²) in [6, 6.07) is 4.42. The van der Waals surface area contributed by atoms with Crippen LogP contribution in [-0.4, -0.2) is 48.2 Å². The molecule has 1 aromatic heterocycles. The molecule has 1 aliphatic heterocycles. The number of aromatic nitrogens is 2. The summed E-state index contributed by atoms with van der Waals surface area (Å²) in [4.78, 5) is 4.19. The highest BCUT2D eigenvalue weighted by molar-refractivity contribution is 7.97. The Morgan fingerprint density at radius 1 is 1.39 bits per heavy atom. The van der Waals surface area contributed by atoms with Gasteiger partial charge in [-0.15, -0.1) is 12.6 Å². The number of nitrogens with zero attached hydrogens (tertiary/aromatic N) is 4. The normalized spacial score (nSPS) is 15.2. The summed E-state index contributed by atoms with van der Waals surface area (Å²) in [5.41, 5.74) is 3.40. The Morgan fingerprint density at radius 2 is 2.09 bits per heavy atom. The number of aryl methyl sites for hydroxylation is 2. The molecule has 0 unspecified atom stereocenters. The van der Waals surface area contributed by atoms with Crippen molar-refractivity contribution in [1.29, 1.82) is 5.41 Å². The van der Waals surface area contributed by atoms with Gasteiger partial charge in [-0.1, -0.05) is 0 Å². The number of thiol groups is 1. The van der Waals surface area contributed by atoms with Gasteiger partial charge >= 0.3 is 0 Å². The maximum absolute atomic E-state index is 7.86. The van der Waals surface area contributed by atoms with Gasteiger partial charge in [0, 0.05) is 50.8 Å². The fourth-order valence-electron chi connectivity index (χ4n) is 3.15. The molecule has 0 aliphatic carbocycles. The first-order chi connectivity index (χ1) is 11.0. The van der Waals surface area contributed by atoms with Crippen molar-refractivity contribution in [3.63, 3.8) is 0 Å². The molecule has 2 N–H and O–H groups in total. The zero-order chi connectivity index (χ0) is 16.6. The van der Waals surface area contributed by atoms with Gasteiger partial charge in [-0.3, -0.25) is 5.41 Å². The molecule has 1 saturated heterocycles. The second-order valence-electron chi connectivity index (χ2n) is 5.92. The number of hydrogen-bond acceptors (Lipinski definition) is 4. The molecule has 1 aliphatic rings. The van der Waals surface area contributed by atoms with Gasteiger partial charge < -0.3 is 15.1 Å². The monoisotopic (exact) mass is 332 g/mol. The standard InChI is InChI=1S/C16H24N6S/c1-4-22-15(20(3)16(17)23)13-10-12(9-11(2)14(13)19-22)21-7-5-18-6-8-21/h9-10,18H,4-8H2,1-3H3,(H2,17,23). The first kappa shape index (κ1) is 16.1. The fourth-order valence-corrected chi connectivity index (χ4v) is 3.25. The van der Waals surface area contributed by atoms with Crippen LogP contribution in [0, 0.1) is 12.3 Å². The second-order valence-corrected chi connectivity index (χ2v) is 6.34. The first-order valence-corrected chi connectivity index (χ1v) is 8.45. The molecule has 2 aromatic rings. The third kappa shape index (κ3) is 2.90. The predicted octanol–water partition coefficient (Wildman–Crippen LogP) is 2.07. The highest BCUT2D eigenvalue weighted by Crippen LogP contribution is 2.33. The molecule has 3 rings (SSSR count). The van der Waals surface area contributed by atoms with Gasteiger partial charge in [-0.05, 0) is 31.5 Å². The van der Waals surface area contributed by atoms with Gasteiger partial charge in [0.1, 0.15) is 5.82 Å². The Balaban J connectivity index is 2.16. The zero-order valence-electron chi connectivity index (χ0n) is 13.9. The Bertz CT molecular complexity index is 732. The average Bonchev–Trinajstić information content (AvgIpc) is 2.93. The third-order valence-electron chi connectivity index (χ3n) is 4.41. The molecule has 7 heteroatoms. The molecule has 1 fully saturated rings. The summed E-state index contributed by atoms with van der Waals surface area (Å²) in [7, 11) is 1.87. The summed E-state index contributed by atoms with van der Waals surface area (Å²) in [6.07, 6.45) is 0. The largest absolute Gasteiger partial charge is 0.369 e. The molecule has 1 aromatic carbocycles. The van der Waals surface area contributed by atoms with E-state index in [-0.39, 0.29) is 5.17 Å². The number of rotatable bonds is 3. The van der Waals surface area contributed by atoms with E-state index in [1.165, 1.54) is 11.3 Å². The SMILES string of the molecule is CCn1nc2c(C)cc(N3CCNCC3)cc2c1N(C)C(=N)S. The highest BCUT2D eigenvalue weighted by atomic mass is 32.1. The fraction of sp³-hybridized carbons (Fsp3) is 0.500. The minimum atomic E-state index is 0.215. The smallest absolute Gasteiger partial charge is 0.158 e. The highest BCUT2D eigenvalue weighted by Gasteiger charge is 2.20. The van der Waals surface area contributed by atoms with E-state index < -0.39 is 0 Å². The summed E-state index contributed by atoms with van der Waals surface area (Å²) in [6.45, 7) is 8.99. The van der Waals surface area contributed by atoms with Crippen molar-refractivity contribution in [2.24, 2.45) is 0 Å². The molecular formula is C16H24N6S. The van der Waals surface area contributed by atoms with Crippen LogP contribution in [0.2, 0.25) is 0 Å². The van der Waals surface area contributed by atoms with Crippen molar-refractivity contribution in [2.75, 3.05) is 43.0 Å². The van der Waals surface area contributed by atoms with Crippen LogP contribution in [-0.2, 0) is 6.54 Å². The van der Waals surface area contributed by atoms with Crippen molar-refractivity contribution in [2.45, 2.75) is 20.4 Å². The zero-order valence-corrected chi connectivity index (χ0v) is 14.8. The number of nitrogens with one attached hydrogen (secondary N) is 2. The topological polar surface area (TPSA) is 60.2 Å². The lowest BCUT2D eigenvalue weighted by atomic mass is 10.1. The maximum atomic E-state index is 7.86. The van der Waals surface area contributed by atoms with Gasteiger partial charge in [0.2, 0.25) is 0 Å². The molecule has 6 nitrogen and oxygen atoms in total. The van der Waals surface area contributed by atoms with Crippen LogP contribution in [0.25, 0.3) is 10.9 Å². The third-order valence-corrected chi connectivity index (χ3v) is 4.71. The minimum absolute atomic E-state index is 0.215. The molecule has 2 heterocycles. The van der Waals surface area contributed by atoms with Crippen LogP contribution in [0.3, 0.4) is 0 Å². The lowest BCUT2D eigenvalue weighted by Crippen LogP contribution is -2.43. The number of piperazine rings is 1.